The van der Waals surface area contributed by atoms with Crippen LogP contribution in [-0.4, -0.2) is 56.0 Å². The number of hydrogen-bond donors (Lipinski definition) is 1. The monoisotopic (exact) mass is 378 g/mol. The van der Waals surface area contributed by atoms with Gasteiger partial charge in [0.15, 0.2) is 9.84 Å². The number of aromatic nitrogens is 1. The molecule has 1 aromatic heterocycles. The van der Waals surface area contributed by atoms with Crippen LogP contribution in [0.15, 0.2) is 24.3 Å². The average Bonchev–Trinajstić information content (AvgIpc) is 2.59. The highest BCUT2D eigenvalue weighted by Crippen LogP contribution is 2.23. The minimum absolute atomic E-state index is 0.251. The number of halogens is 1. The molecule has 2 heterocycles. The van der Waals surface area contributed by atoms with E-state index in [1.807, 2.05) is 0 Å². The smallest absolute Gasteiger partial charge is 0.152 e. The van der Waals surface area contributed by atoms with Crippen LogP contribution in [0.25, 0.3) is 10.9 Å². The first-order valence-corrected chi connectivity index (χ1v) is 10.3. The maximum absolute atomic E-state index is 11.4. The Morgan fingerprint density at radius 3 is 2.76 bits per heavy atom. The molecule has 1 N–H and O–H groups in total. The minimum Gasteiger partial charge on any atom is -0.370 e. The Labute approximate surface area is 152 Å². The van der Waals surface area contributed by atoms with Gasteiger partial charge in [-0.1, -0.05) is 11.6 Å². The number of anilines is 1. The van der Waals surface area contributed by atoms with Crippen molar-refractivity contribution >= 4 is 38.2 Å². The fraction of sp³-hybridized carbons (Fsp3) is 0.412. The van der Waals surface area contributed by atoms with Gasteiger partial charge in [-0.3, -0.25) is 0 Å². The minimum atomic E-state index is -2.83. The second-order valence-electron chi connectivity index (χ2n) is 6.10. The number of sulfone groups is 1. The topological polar surface area (TPSA) is 86.1 Å². The molecular formula is C17H19ClN4O2S. The predicted molar refractivity (Wildman–Crippen MR) is 99.7 cm³/mol. The second kappa shape index (κ2) is 7.56. The van der Waals surface area contributed by atoms with Crippen molar-refractivity contribution in [2.24, 2.45) is 0 Å². The summed E-state index contributed by atoms with van der Waals surface area (Å²) in [5.74, 6) is 1.16. The summed E-state index contributed by atoms with van der Waals surface area (Å²) in [4.78, 5) is 6.68. The van der Waals surface area contributed by atoms with E-state index in [1.165, 1.54) is 0 Å². The molecule has 2 aromatic rings. The molecule has 25 heavy (non-hydrogen) atoms. The highest BCUT2D eigenvalue weighted by Gasteiger charge is 2.20. The van der Waals surface area contributed by atoms with Crippen molar-refractivity contribution in [1.29, 1.82) is 5.26 Å². The average molecular weight is 379 g/mol. The van der Waals surface area contributed by atoms with E-state index in [-0.39, 0.29) is 11.5 Å². The normalized spacial score (nSPS) is 17.3. The highest BCUT2D eigenvalue weighted by molar-refractivity contribution is 7.91. The van der Waals surface area contributed by atoms with Gasteiger partial charge in [0, 0.05) is 30.0 Å². The van der Waals surface area contributed by atoms with Crippen molar-refractivity contribution < 1.29 is 8.42 Å². The number of hydrogen-bond acceptors (Lipinski definition) is 6. The zero-order valence-corrected chi connectivity index (χ0v) is 15.3. The van der Waals surface area contributed by atoms with Crippen LogP contribution in [0.1, 0.15) is 12.0 Å². The van der Waals surface area contributed by atoms with Gasteiger partial charge < -0.3 is 10.2 Å². The van der Waals surface area contributed by atoms with Crippen molar-refractivity contribution in [2.75, 3.05) is 43.0 Å². The summed E-state index contributed by atoms with van der Waals surface area (Å²) >= 11 is 5.99. The molecule has 3 rings (SSSR count). The molecule has 0 bridgehead atoms. The molecule has 1 aliphatic heterocycles. The Kier molecular flexibility index (Phi) is 5.42. The first-order valence-electron chi connectivity index (χ1n) is 8.14. The van der Waals surface area contributed by atoms with E-state index < -0.39 is 9.84 Å². The maximum Gasteiger partial charge on any atom is 0.152 e. The van der Waals surface area contributed by atoms with E-state index in [0.717, 1.165) is 23.9 Å². The molecule has 0 atom stereocenters. The van der Waals surface area contributed by atoms with Crippen molar-refractivity contribution in [3.63, 3.8) is 0 Å². The predicted octanol–water partition coefficient (Wildman–Crippen LogP) is 2.29. The van der Waals surface area contributed by atoms with Crippen LogP contribution in [-0.2, 0) is 9.84 Å². The molecule has 0 aliphatic carbocycles. The van der Waals surface area contributed by atoms with Gasteiger partial charge in [-0.05, 0) is 37.2 Å². The Morgan fingerprint density at radius 2 is 2.04 bits per heavy atom. The summed E-state index contributed by atoms with van der Waals surface area (Å²) in [6, 6.07) is 9.22. The molecule has 1 saturated heterocycles. The molecule has 1 aromatic carbocycles. The maximum atomic E-state index is 11.4. The molecular weight excluding hydrogens is 360 g/mol. The van der Waals surface area contributed by atoms with Crippen LogP contribution in [0, 0.1) is 11.3 Å². The molecule has 0 amide bonds. The third-order valence-electron chi connectivity index (χ3n) is 4.29. The third kappa shape index (κ3) is 4.60. The SMILES string of the molecule is N#Cc1cc(NCCCN2CCS(=O)(=O)CC2)nc2ccc(Cl)cc12. The van der Waals surface area contributed by atoms with Gasteiger partial charge in [0.2, 0.25) is 0 Å². The summed E-state index contributed by atoms with van der Waals surface area (Å²) in [7, 11) is -2.83. The summed E-state index contributed by atoms with van der Waals surface area (Å²) in [5.41, 5.74) is 1.27. The molecule has 0 radical (unpaired) electrons. The first kappa shape index (κ1) is 17.9. The van der Waals surface area contributed by atoms with E-state index in [2.05, 4.69) is 21.3 Å². The fourth-order valence-electron chi connectivity index (χ4n) is 2.87. The molecule has 0 unspecified atom stereocenters. The molecule has 0 spiro atoms. The van der Waals surface area contributed by atoms with Crippen molar-refractivity contribution in [3.8, 4) is 6.07 Å². The van der Waals surface area contributed by atoms with Crippen molar-refractivity contribution in [3.05, 3.63) is 34.9 Å². The number of nitrogens with zero attached hydrogens (tertiary/aromatic N) is 3. The van der Waals surface area contributed by atoms with Gasteiger partial charge in [-0.25, -0.2) is 13.4 Å². The standard InChI is InChI=1S/C17H19ClN4O2S/c18-14-2-3-16-15(11-14)13(12-19)10-17(21-16)20-4-1-5-22-6-8-25(23,24)9-7-22/h2-3,10-11H,1,4-9H2,(H,20,21). The molecule has 6 nitrogen and oxygen atoms in total. The molecule has 0 saturated carbocycles. The molecule has 1 aliphatic rings. The lowest BCUT2D eigenvalue weighted by atomic mass is 10.1. The Balaban J connectivity index is 1.57. The van der Waals surface area contributed by atoms with E-state index in [9.17, 15) is 13.7 Å². The van der Waals surface area contributed by atoms with Crippen LogP contribution in [0.4, 0.5) is 5.82 Å². The van der Waals surface area contributed by atoms with Crippen LogP contribution >= 0.6 is 11.6 Å². The summed E-state index contributed by atoms with van der Waals surface area (Å²) in [6.45, 7) is 2.77. The molecule has 8 heteroatoms. The van der Waals surface area contributed by atoms with E-state index in [1.54, 1.807) is 24.3 Å². The Bertz CT molecular complexity index is 910. The lowest BCUT2D eigenvalue weighted by Crippen LogP contribution is -2.41. The number of nitriles is 1. The number of pyridine rings is 1. The van der Waals surface area contributed by atoms with Crippen molar-refractivity contribution in [1.82, 2.24) is 9.88 Å². The van der Waals surface area contributed by atoms with Gasteiger partial charge >= 0.3 is 0 Å². The third-order valence-corrected chi connectivity index (χ3v) is 6.13. The van der Waals surface area contributed by atoms with Gasteiger partial charge in [0.1, 0.15) is 5.82 Å². The Hall–Kier alpha value is -1.88. The summed E-state index contributed by atoms with van der Waals surface area (Å²) in [6.07, 6.45) is 0.877. The van der Waals surface area contributed by atoms with Gasteiger partial charge in [-0.2, -0.15) is 5.26 Å². The van der Waals surface area contributed by atoms with Crippen LogP contribution in [0.5, 0.6) is 0 Å². The number of benzene rings is 1. The zero-order valence-electron chi connectivity index (χ0n) is 13.7. The quantitative estimate of drug-likeness (QED) is 0.803. The lowest BCUT2D eigenvalue weighted by Gasteiger charge is -2.26. The Morgan fingerprint density at radius 1 is 1.28 bits per heavy atom. The molecule has 1 fully saturated rings. The molecule has 132 valence electrons. The second-order valence-corrected chi connectivity index (χ2v) is 8.84. The van der Waals surface area contributed by atoms with Crippen LogP contribution in [0.3, 0.4) is 0 Å². The van der Waals surface area contributed by atoms with Crippen LogP contribution in [0.2, 0.25) is 5.02 Å². The highest BCUT2D eigenvalue weighted by atomic mass is 35.5. The van der Waals surface area contributed by atoms with Crippen molar-refractivity contribution in [2.45, 2.75) is 6.42 Å². The van der Waals surface area contributed by atoms with E-state index >= 15 is 0 Å². The zero-order chi connectivity index (χ0) is 17.9. The number of fused-ring (bicyclic) bond motifs is 1. The van der Waals surface area contributed by atoms with E-state index in [0.29, 0.717) is 36.0 Å². The van der Waals surface area contributed by atoms with Gasteiger partial charge in [-0.15, -0.1) is 0 Å². The fourth-order valence-corrected chi connectivity index (χ4v) is 4.32. The van der Waals surface area contributed by atoms with E-state index in [4.69, 9.17) is 11.6 Å². The summed E-state index contributed by atoms with van der Waals surface area (Å²) in [5, 5.41) is 13.9. The number of rotatable bonds is 5. The lowest BCUT2D eigenvalue weighted by molar-refractivity contribution is 0.294. The van der Waals surface area contributed by atoms with Gasteiger partial charge in [0.25, 0.3) is 0 Å². The first-order chi connectivity index (χ1) is 12.0. The van der Waals surface area contributed by atoms with Crippen LogP contribution < -0.4 is 5.32 Å². The summed E-state index contributed by atoms with van der Waals surface area (Å²) < 4.78 is 22.8. The van der Waals surface area contributed by atoms with Gasteiger partial charge in [0.05, 0.1) is 28.7 Å². The largest absolute Gasteiger partial charge is 0.370 e. The number of nitrogens with one attached hydrogen (secondary N) is 1.